The number of aromatic nitrogens is 3. The zero-order chi connectivity index (χ0) is 13.2. The monoisotopic (exact) mass is 252 g/mol. The molecule has 19 heavy (non-hydrogen) atoms. The van der Waals surface area contributed by atoms with Crippen LogP contribution in [0.3, 0.4) is 0 Å². The van der Waals surface area contributed by atoms with Crippen molar-refractivity contribution in [2.24, 2.45) is 0 Å². The van der Waals surface area contributed by atoms with Gasteiger partial charge in [0.25, 0.3) is 5.89 Å². The number of anilines is 1. The summed E-state index contributed by atoms with van der Waals surface area (Å²) >= 11 is 0. The molecule has 0 aliphatic rings. The number of nitrogen functional groups attached to an aromatic ring is 1. The lowest BCUT2D eigenvalue weighted by molar-refractivity contribution is 0.431. The van der Waals surface area contributed by atoms with Crippen LogP contribution >= 0.6 is 0 Å². The Morgan fingerprint density at radius 1 is 1.05 bits per heavy atom. The number of hydrogen-bond acceptors (Lipinski definition) is 5. The number of nitrogens with two attached hydrogens (primary N) is 1. The lowest BCUT2D eigenvalue weighted by Crippen LogP contribution is -1.87. The van der Waals surface area contributed by atoms with Gasteiger partial charge in [-0.25, -0.2) is 4.98 Å². The van der Waals surface area contributed by atoms with E-state index in [1.54, 1.807) is 6.07 Å². The maximum Gasteiger partial charge on any atom is 0.276 e. The molecule has 0 amide bonds. The molecule has 0 unspecified atom stereocenters. The molecular formula is C14H12N4O. The van der Waals surface area contributed by atoms with E-state index in [0.717, 1.165) is 11.3 Å². The maximum atomic E-state index is 5.74. The van der Waals surface area contributed by atoms with E-state index in [-0.39, 0.29) is 0 Å². The second kappa shape index (κ2) is 4.53. The van der Waals surface area contributed by atoms with Gasteiger partial charge in [0.1, 0.15) is 5.69 Å². The van der Waals surface area contributed by atoms with Crippen LogP contribution in [-0.2, 0) is 0 Å². The third-order valence-corrected chi connectivity index (χ3v) is 2.68. The van der Waals surface area contributed by atoms with E-state index in [9.17, 15) is 0 Å². The van der Waals surface area contributed by atoms with E-state index in [1.165, 1.54) is 0 Å². The van der Waals surface area contributed by atoms with Gasteiger partial charge >= 0.3 is 0 Å². The molecule has 0 fully saturated rings. The highest BCUT2D eigenvalue weighted by atomic mass is 16.5. The van der Waals surface area contributed by atoms with E-state index in [1.807, 2.05) is 43.3 Å². The quantitative estimate of drug-likeness (QED) is 0.709. The van der Waals surface area contributed by atoms with Gasteiger partial charge in [-0.1, -0.05) is 23.4 Å². The van der Waals surface area contributed by atoms with Crippen molar-refractivity contribution < 1.29 is 4.52 Å². The van der Waals surface area contributed by atoms with Crippen LogP contribution in [0.5, 0.6) is 0 Å². The largest absolute Gasteiger partial charge is 0.399 e. The van der Waals surface area contributed by atoms with Gasteiger partial charge in [-0.15, -0.1) is 0 Å². The average molecular weight is 252 g/mol. The van der Waals surface area contributed by atoms with Crippen molar-refractivity contribution in [2.75, 3.05) is 5.73 Å². The summed E-state index contributed by atoms with van der Waals surface area (Å²) in [4.78, 5) is 8.68. The van der Waals surface area contributed by atoms with Crippen LogP contribution in [0.1, 0.15) is 5.69 Å². The van der Waals surface area contributed by atoms with Gasteiger partial charge in [0.05, 0.1) is 0 Å². The normalized spacial score (nSPS) is 10.6. The van der Waals surface area contributed by atoms with E-state index >= 15 is 0 Å². The lowest BCUT2D eigenvalue weighted by atomic mass is 10.2. The van der Waals surface area contributed by atoms with Crippen molar-refractivity contribution in [3.63, 3.8) is 0 Å². The van der Waals surface area contributed by atoms with Crippen LogP contribution in [0, 0.1) is 6.92 Å². The zero-order valence-electron chi connectivity index (χ0n) is 10.4. The first-order valence-corrected chi connectivity index (χ1v) is 5.86. The second-order valence-corrected chi connectivity index (χ2v) is 4.21. The highest BCUT2D eigenvalue weighted by Gasteiger charge is 2.11. The zero-order valence-corrected chi connectivity index (χ0v) is 10.4. The molecule has 5 heteroatoms. The first-order valence-electron chi connectivity index (χ1n) is 5.86. The molecule has 0 spiro atoms. The van der Waals surface area contributed by atoms with E-state index < -0.39 is 0 Å². The lowest BCUT2D eigenvalue weighted by Gasteiger charge is -1.96. The Bertz CT molecular complexity index is 661. The van der Waals surface area contributed by atoms with Gasteiger partial charge in [0, 0.05) is 16.9 Å². The van der Waals surface area contributed by atoms with Crippen molar-refractivity contribution in [1.82, 2.24) is 15.1 Å². The Kier molecular flexibility index (Phi) is 2.72. The third-order valence-electron chi connectivity index (χ3n) is 2.68. The Balaban J connectivity index is 2.00. The summed E-state index contributed by atoms with van der Waals surface area (Å²) in [6.45, 7) is 1.92. The summed E-state index contributed by atoms with van der Waals surface area (Å²) in [5.74, 6) is 0.909. The van der Waals surface area contributed by atoms with E-state index in [2.05, 4.69) is 15.1 Å². The van der Waals surface area contributed by atoms with Gasteiger partial charge in [-0.05, 0) is 31.2 Å². The molecule has 3 rings (SSSR count). The Morgan fingerprint density at radius 3 is 2.68 bits per heavy atom. The molecule has 0 saturated heterocycles. The summed E-state index contributed by atoms with van der Waals surface area (Å²) in [5.41, 5.74) is 8.79. The molecule has 0 aliphatic heterocycles. The molecule has 0 bridgehead atoms. The van der Waals surface area contributed by atoms with Gasteiger partial charge in [-0.2, -0.15) is 4.98 Å². The highest BCUT2D eigenvalue weighted by Crippen LogP contribution is 2.22. The first-order chi connectivity index (χ1) is 9.22. The number of benzene rings is 1. The topological polar surface area (TPSA) is 77.8 Å². The molecule has 3 aromatic rings. The van der Waals surface area contributed by atoms with Gasteiger partial charge in [0.2, 0.25) is 5.82 Å². The molecule has 5 nitrogen and oxygen atoms in total. The summed E-state index contributed by atoms with van der Waals surface area (Å²) in [6, 6.07) is 13.0. The predicted octanol–water partition coefficient (Wildman–Crippen LogP) is 2.69. The number of pyridine rings is 1. The minimum Gasteiger partial charge on any atom is -0.399 e. The van der Waals surface area contributed by atoms with Crippen molar-refractivity contribution in [1.29, 1.82) is 0 Å². The Hall–Kier alpha value is -2.69. The van der Waals surface area contributed by atoms with E-state index in [4.69, 9.17) is 10.3 Å². The van der Waals surface area contributed by atoms with Crippen LogP contribution in [-0.4, -0.2) is 15.1 Å². The third kappa shape index (κ3) is 2.30. The number of hydrogen-bond donors (Lipinski definition) is 1. The highest BCUT2D eigenvalue weighted by molar-refractivity contribution is 5.62. The van der Waals surface area contributed by atoms with Crippen LogP contribution < -0.4 is 5.73 Å². The van der Waals surface area contributed by atoms with Crippen molar-refractivity contribution in [3.05, 3.63) is 48.2 Å². The molecule has 94 valence electrons. The smallest absolute Gasteiger partial charge is 0.276 e. The molecule has 0 atom stereocenters. The second-order valence-electron chi connectivity index (χ2n) is 4.21. The molecule has 0 aliphatic carbocycles. The minimum absolute atomic E-state index is 0.404. The minimum atomic E-state index is 0.404. The summed E-state index contributed by atoms with van der Waals surface area (Å²) in [5, 5.41) is 3.95. The molecule has 1 aromatic carbocycles. The maximum absolute atomic E-state index is 5.74. The first kappa shape index (κ1) is 11.4. The molecule has 2 aromatic heterocycles. The van der Waals surface area contributed by atoms with Crippen molar-refractivity contribution in [3.8, 4) is 23.0 Å². The van der Waals surface area contributed by atoms with Crippen LogP contribution in [0.2, 0.25) is 0 Å². The number of nitrogens with zero attached hydrogens (tertiary/aromatic N) is 3. The summed E-state index contributed by atoms with van der Waals surface area (Å²) < 4.78 is 5.24. The standard InChI is InChI=1S/C14H12N4O/c1-9-4-2-7-12(16-9)14-17-13(18-19-14)10-5-3-6-11(15)8-10/h2-8H,15H2,1H3. The van der Waals surface area contributed by atoms with Crippen LogP contribution in [0.4, 0.5) is 5.69 Å². The van der Waals surface area contributed by atoms with Gasteiger partial charge < -0.3 is 10.3 Å². The van der Waals surface area contributed by atoms with Crippen LogP contribution in [0.15, 0.2) is 47.0 Å². The van der Waals surface area contributed by atoms with Gasteiger partial charge in [-0.3, -0.25) is 0 Å². The molecule has 0 saturated carbocycles. The predicted molar refractivity (Wildman–Crippen MR) is 72.1 cm³/mol. The fraction of sp³-hybridized carbons (Fsp3) is 0.0714. The number of rotatable bonds is 2. The fourth-order valence-corrected chi connectivity index (χ4v) is 1.78. The van der Waals surface area contributed by atoms with E-state index in [0.29, 0.717) is 23.1 Å². The number of aryl methyl sites for hydroxylation is 1. The van der Waals surface area contributed by atoms with Gasteiger partial charge in [0.15, 0.2) is 0 Å². The summed E-state index contributed by atoms with van der Waals surface area (Å²) in [7, 11) is 0. The molecular weight excluding hydrogens is 240 g/mol. The summed E-state index contributed by atoms with van der Waals surface area (Å²) in [6.07, 6.45) is 0. The Labute approximate surface area is 110 Å². The fourth-order valence-electron chi connectivity index (χ4n) is 1.78. The van der Waals surface area contributed by atoms with Crippen LogP contribution in [0.25, 0.3) is 23.0 Å². The Morgan fingerprint density at radius 2 is 1.89 bits per heavy atom. The molecule has 2 N–H and O–H groups in total. The van der Waals surface area contributed by atoms with Crippen molar-refractivity contribution >= 4 is 5.69 Å². The average Bonchev–Trinajstić information content (AvgIpc) is 2.88. The molecule has 2 heterocycles. The van der Waals surface area contributed by atoms with Crippen molar-refractivity contribution in [2.45, 2.75) is 6.92 Å². The SMILES string of the molecule is Cc1cccc(-c2nc(-c3cccc(N)c3)no2)n1. The molecule has 0 radical (unpaired) electrons.